The van der Waals surface area contributed by atoms with Crippen molar-refractivity contribution in [1.29, 1.82) is 0 Å². The summed E-state index contributed by atoms with van der Waals surface area (Å²) < 4.78 is 22.6. The van der Waals surface area contributed by atoms with Crippen LogP contribution in [0.15, 0.2) is 41.5 Å². The highest BCUT2D eigenvalue weighted by Crippen LogP contribution is 2.41. The van der Waals surface area contributed by atoms with Crippen LogP contribution in [0.1, 0.15) is 0 Å². The standard InChI is InChI=1S/C18H18N2O5/c1-22-12-7-5-11(6-8-12)20-10-19-15-13(18(20)21)9-14(23-2)16(24-3)17(15)25-4/h5-10H,1-4H3. The largest absolute Gasteiger partial charge is 0.497 e. The topological polar surface area (TPSA) is 71.8 Å². The fraction of sp³-hybridized carbons (Fsp3) is 0.222. The van der Waals surface area contributed by atoms with Gasteiger partial charge in [0.15, 0.2) is 11.5 Å². The Bertz CT molecular complexity index is 964. The SMILES string of the molecule is COc1ccc(-n2cnc3c(OC)c(OC)c(OC)cc3c2=O)cc1. The zero-order chi connectivity index (χ0) is 18.0. The van der Waals surface area contributed by atoms with Crippen LogP contribution in [0.25, 0.3) is 16.6 Å². The highest BCUT2D eigenvalue weighted by Gasteiger charge is 2.19. The molecule has 2 aromatic carbocycles. The number of methoxy groups -OCH3 is 4. The summed E-state index contributed by atoms with van der Waals surface area (Å²) in [5.41, 5.74) is 0.846. The predicted octanol–water partition coefficient (Wildman–Crippen LogP) is 2.42. The average molecular weight is 342 g/mol. The Morgan fingerprint density at radius 2 is 1.56 bits per heavy atom. The van der Waals surface area contributed by atoms with E-state index in [0.29, 0.717) is 39.6 Å². The molecule has 0 fully saturated rings. The van der Waals surface area contributed by atoms with Crippen LogP contribution in [0, 0.1) is 0 Å². The lowest BCUT2D eigenvalue weighted by Gasteiger charge is -2.15. The van der Waals surface area contributed by atoms with E-state index in [1.165, 1.54) is 32.2 Å². The van der Waals surface area contributed by atoms with E-state index in [1.807, 2.05) is 0 Å². The number of benzene rings is 2. The second kappa shape index (κ2) is 6.72. The normalized spacial score (nSPS) is 10.6. The van der Waals surface area contributed by atoms with E-state index in [4.69, 9.17) is 18.9 Å². The third-order valence-electron chi connectivity index (χ3n) is 3.91. The predicted molar refractivity (Wildman–Crippen MR) is 93.5 cm³/mol. The number of hydrogen-bond donors (Lipinski definition) is 0. The first-order valence-electron chi connectivity index (χ1n) is 7.49. The van der Waals surface area contributed by atoms with Crippen LogP contribution in [-0.4, -0.2) is 38.0 Å². The van der Waals surface area contributed by atoms with Gasteiger partial charge in [-0.1, -0.05) is 0 Å². The quantitative estimate of drug-likeness (QED) is 0.709. The lowest BCUT2D eigenvalue weighted by molar-refractivity contribution is 0.326. The molecule has 130 valence electrons. The van der Waals surface area contributed by atoms with Gasteiger partial charge in [0.25, 0.3) is 5.56 Å². The molecule has 3 aromatic rings. The first kappa shape index (κ1) is 16.6. The molecule has 7 heteroatoms. The van der Waals surface area contributed by atoms with Crippen molar-refractivity contribution in [2.75, 3.05) is 28.4 Å². The zero-order valence-electron chi connectivity index (χ0n) is 14.4. The van der Waals surface area contributed by atoms with E-state index in [0.717, 1.165) is 0 Å². The van der Waals surface area contributed by atoms with Gasteiger partial charge < -0.3 is 18.9 Å². The van der Waals surface area contributed by atoms with Crippen LogP contribution in [0.5, 0.6) is 23.0 Å². The number of ether oxygens (including phenoxy) is 4. The van der Waals surface area contributed by atoms with Crippen LogP contribution in [0.4, 0.5) is 0 Å². The van der Waals surface area contributed by atoms with E-state index in [2.05, 4.69) is 4.98 Å². The molecule has 0 aliphatic carbocycles. The molecule has 0 aliphatic heterocycles. The van der Waals surface area contributed by atoms with Crippen molar-refractivity contribution >= 4 is 10.9 Å². The van der Waals surface area contributed by atoms with Gasteiger partial charge in [0, 0.05) is 0 Å². The smallest absolute Gasteiger partial charge is 0.266 e. The minimum absolute atomic E-state index is 0.241. The maximum atomic E-state index is 13.0. The molecule has 3 rings (SSSR count). The van der Waals surface area contributed by atoms with E-state index in [-0.39, 0.29) is 5.56 Å². The Kier molecular flexibility index (Phi) is 4.47. The minimum atomic E-state index is -0.241. The van der Waals surface area contributed by atoms with Gasteiger partial charge in [0.05, 0.1) is 39.5 Å². The van der Waals surface area contributed by atoms with Crippen molar-refractivity contribution in [2.45, 2.75) is 0 Å². The Morgan fingerprint density at radius 3 is 2.12 bits per heavy atom. The molecule has 0 radical (unpaired) electrons. The summed E-state index contributed by atoms with van der Waals surface area (Å²) in [7, 11) is 6.09. The van der Waals surface area contributed by atoms with Crippen LogP contribution in [0.3, 0.4) is 0 Å². The first-order valence-corrected chi connectivity index (χ1v) is 7.49. The lowest BCUT2D eigenvalue weighted by Crippen LogP contribution is -2.19. The zero-order valence-corrected chi connectivity index (χ0v) is 14.4. The van der Waals surface area contributed by atoms with Crippen LogP contribution >= 0.6 is 0 Å². The third kappa shape index (κ3) is 2.73. The van der Waals surface area contributed by atoms with Crippen molar-refractivity contribution < 1.29 is 18.9 Å². The number of nitrogens with zero attached hydrogens (tertiary/aromatic N) is 2. The van der Waals surface area contributed by atoms with Gasteiger partial charge in [0.1, 0.15) is 17.6 Å². The Balaban J connectivity index is 2.27. The molecule has 0 saturated heterocycles. The van der Waals surface area contributed by atoms with Crippen molar-refractivity contribution in [3.05, 3.63) is 47.0 Å². The molecule has 0 N–H and O–H groups in total. The summed E-state index contributed by atoms with van der Waals surface area (Å²) in [5.74, 6) is 1.86. The third-order valence-corrected chi connectivity index (χ3v) is 3.91. The molecule has 0 atom stereocenters. The molecule has 0 saturated carbocycles. The monoisotopic (exact) mass is 342 g/mol. The highest BCUT2D eigenvalue weighted by molar-refractivity contribution is 5.89. The van der Waals surface area contributed by atoms with Gasteiger partial charge in [-0.05, 0) is 30.3 Å². The second-order valence-electron chi connectivity index (χ2n) is 5.16. The van der Waals surface area contributed by atoms with Gasteiger partial charge in [-0.2, -0.15) is 0 Å². The fourth-order valence-corrected chi connectivity index (χ4v) is 2.66. The summed E-state index contributed by atoms with van der Waals surface area (Å²) in [6.45, 7) is 0. The van der Waals surface area contributed by atoms with E-state index >= 15 is 0 Å². The van der Waals surface area contributed by atoms with E-state index < -0.39 is 0 Å². The number of aromatic nitrogens is 2. The summed E-state index contributed by atoms with van der Waals surface area (Å²) in [4.78, 5) is 17.3. The first-order chi connectivity index (χ1) is 12.1. The maximum Gasteiger partial charge on any atom is 0.266 e. The van der Waals surface area contributed by atoms with Crippen molar-refractivity contribution in [2.24, 2.45) is 0 Å². The van der Waals surface area contributed by atoms with Crippen molar-refractivity contribution in [3.8, 4) is 28.7 Å². The highest BCUT2D eigenvalue weighted by atomic mass is 16.5. The molecule has 25 heavy (non-hydrogen) atoms. The summed E-state index contributed by atoms with van der Waals surface area (Å²) in [6, 6.07) is 8.73. The lowest BCUT2D eigenvalue weighted by atomic mass is 10.2. The molecule has 0 aliphatic rings. The minimum Gasteiger partial charge on any atom is -0.497 e. The number of hydrogen-bond acceptors (Lipinski definition) is 6. The molecule has 0 bridgehead atoms. The summed E-state index contributed by atoms with van der Waals surface area (Å²) >= 11 is 0. The van der Waals surface area contributed by atoms with Gasteiger partial charge in [-0.25, -0.2) is 4.98 Å². The Labute approximate surface area is 144 Å². The van der Waals surface area contributed by atoms with Crippen LogP contribution in [0.2, 0.25) is 0 Å². The van der Waals surface area contributed by atoms with Gasteiger partial charge in [-0.3, -0.25) is 9.36 Å². The second-order valence-corrected chi connectivity index (χ2v) is 5.16. The van der Waals surface area contributed by atoms with Crippen molar-refractivity contribution in [1.82, 2.24) is 9.55 Å². The molecule has 0 unspecified atom stereocenters. The van der Waals surface area contributed by atoms with Crippen LogP contribution < -0.4 is 24.5 Å². The molecular formula is C18H18N2O5. The molecule has 1 heterocycles. The van der Waals surface area contributed by atoms with E-state index in [1.54, 1.807) is 37.4 Å². The van der Waals surface area contributed by atoms with Gasteiger partial charge >= 0.3 is 0 Å². The Hall–Kier alpha value is -3.22. The molecule has 1 aromatic heterocycles. The number of fused-ring (bicyclic) bond motifs is 1. The number of rotatable bonds is 5. The molecular weight excluding hydrogens is 324 g/mol. The summed E-state index contributed by atoms with van der Waals surface area (Å²) in [5, 5.41) is 0.368. The van der Waals surface area contributed by atoms with Gasteiger partial charge in [-0.15, -0.1) is 0 Å². The van der Waals surface area contributed by atoms with Crippen molar-refractivity contribution in [3.63, 3.8) is 0 Å². The molecule has 0 amide bonds. The summed E-state index contributed by atoms with van der Waals surface area (Å²) in [6.07, 6.45) is 1.46. The average Bonchev–Trinajstić information content (AvgIpc) is 2.67. The molecule has 7 nitrogen and oxygen atoms in total. The van der Waals surface area contributed by atoms with Gasteiger partial charge in [0.2, 0.25) is 5.75 Å². The van der Waals surface area contributed by atoms with Crippen LogP contribution in [-0.2, 0) is 0 Å². The van der Waals surface area contributed by atoms with E-state index in [9.17, 15) is 4.79 Å². The fourth-order valence-electron chi connectivity index (χ4n) is 2.66. The molecule has 0 spiro atoms. The Morgan fingerprint density at radius 1 is 0.880 bits per heavy atom. The maximum absolute atomic E-state index is 13.0.